The summed E-state index contributed by atoms with van der Waals surface area (Å²) in [6.07, 6.45) is -2.00. The first-order valence-corrected chi connectivity index (χ1v) is 7.16. The van der Waals surface area contributed by atoms with E-state index in [1.807, 2.05) is 0 Å². The smallest absolute Gasteiger partial charge is 0.407 e. The molecule has 0 aromatic carbocycles. The maximum absolute atomic E-state index is 11.3. The third-order valence-electron chi connectivity index (χ3n) is 2.27. The number of carbonyl (C=O) groups is 3. The van der Waals surface area contributed by atoms with Gasteiger partial charge < -0.3 is 25.4 Å². The van der Waals surface area contributed by atoms with Crippen LogP contribution >= 0.6 is 0 Å². The molecule has 0 spiro atoms. The molecular formula is C13H26N4O6. The summed E-state index contributed by atoms with van der Waals surface area (Å²) in [5, 5.41) is 7.39. The van der Waals surface area contributed by atoms with Gasteiger partial charge in [0.15, 0.2) is 6.10 Å². The zero-order chi connectivity index (χ0) is 17.9. The highest BCUT2D eigenvalue weighted by Crippen LogP contribution is 2.05. The van der Waals surface area contributed by atoms with Crippen molar-refractivity contribution in [3.8, 4) is 0 Å². The lowest BCUT2D eigenvalue weighted by atomic mass is 10.2. The fourth-order valence-corrected chi connectivity index (χ4v) is 1.22. The summed E-state index contributed by atoms with van der Waals surface area (Å²) in [5.74, 6) is 4.45. The number of ether oxygens (including phenoxy) is 2. The highest BCUT2D eigenvalue weighted by Gasteiger charge is 2.15. The van der Waals surface area contributed by atoms with Crippen molar-refractivity contribution >= 4 is 18.1 Å². The van der Waals surface area contributed by atoms with Crippen LogP contribution in [0.5, 0.6) is 0 Å². The molecule has 23 heavy (non-hydrogen) atoms. The SMILES string of the molecule is CC(ON)C(=O)NCCOC(=O)NCCNC(=O)OC(C)(C)C. The van der Waals surface area contributed by atoms with Crippen LogP contribution in [0.25, 0.3) is 0 Å². The summed E-state index contributed by atoms with van der Waals surface area (Å²) in [6, 6.07) is 0. The van der Waals surface area contributed by atoms with Crippen LogP contribution in [0.4, 0.5) is 9.59 Å². The van der Waals surface area contributed by atoms with Gasteiger partial charge in [0.1, 0.15) is 12.2 Å². The molecule has 5 N–H and O–H groups in total. The Morgan fingerprint density at radius 2 is 1.57 bits per heavy atom. The number of alkyl carbamates (subject to hydrolysis) is 2. The van der Waals surface area contributed by atoms with E-state index in [0.29, 0.717) is 0 Å². The second-order valence-corrected chi connectivity index (χ2v) is 5.56. The van der Waals surface area contributed by atoms with Crippen molar-refractivity contribution < 1.29 is 28.7 Å². The Morgan fingerprint density at radius 3 is 2.09 bits per heavy atom. The first-order chi connectivity index (χ1) is 10.7. The molecule has 0 saturated heterocycles. The minimum absolute atomic E-state index is 0.00560. The van der Waals surface area contributed by atoms with Gasteiger partial charge in [-0.3, -0.25) is 9.63 Å². The lowest BCUT2D eigenvalue weighted by molar-refractivity contribution is -0.132. The van der Waals surface area contributed by atoms with Crippen LogP contribution in [-0.4, -0.2) is 56.0 Å². The number of rotatable bonds is 8. The summed E-state index contributed by atoms with van der Waals surface area (Å²) in [6.45, 7) is 7.25. The lowest BCUT2D eigenvalue weighted by Gasteiger charge is -2.19. The maximum atomic E-state index is 11.3. The van der Waals surface area contributed by atoms with E-state index >= 15 is 0 Å². The van der Waals surface area contributed by atoms with Gasteiger partial charge in [0.2, 0.25) is 0 Å². The Labute approximate surface area is 135 Å². The molecule has 0 saturated carbocycles. The second kappa shape index (κ2) is 10.6. The first kappa shape index (κ1) is 20.9. The standard InChI is InChI=1S/C13H26N4O6/c1-9(23-14)10(18)15-7-8-21-11(19)16-5-6-17-12(20)22-13(2,3)4/h9H,5-8,14H2,1-4H3,(H,15,18)(H,16,19)(H,17,20). The number of nitrogens with one attached hydrogen (secondary N) is 3. The molecule has 0 rings (SSSR count). The molecule has 134 valence electrons. The monoisotopic (exact) mass is 334 g/mol. The summed E-state index contributed by atoms with van der Waals surface area (Å²) in [5.41, 5.74) is -0.576. The Kier molecular flexibility index (Phi) is 9.67. The molecule has 0 aromatic rings. The molecule has 10 heteroatoms. The minimum Gasteiger partial charge on any atom is -0.448 e. The fourth-order valence-electron chi connectivity index (χ4n) is 1.22. The van der Waals surface area contributed by atoms with E-state index in [2.05, 4.69) is 20.8 Å². The van der Waals surface area contributed by atoms with Gasteiger partial charge in [-0.25, -0.2) is 15.5 Å². The Balaban J connectivity index is 3.62. The molecule has 0 radical (unpaired) electrons. The molecule has 1 unspecified atom stereocenters. The van der Waals surface area contributed by atoms with Gasteiger partial charge in [-0.05, 0) is 27.7 Å². The van der Waals surface area contributed by atoms with E-state index in [4.69, 9.17) is 15.4 Å². The van der Waals surface area contributed by atoms with Gasteiger partial charge in [-0.15, -0.1) is 0 Å². The van der Waals surface area contributed by atoms with Gasteiger partial charge in [-0.1, -0.05) is 0 Å². The van der Waals surface area contributed by atoms with Crippen LogP contribution in [0.1, 0.15) is 27.7 Å². The third kappa shape index (κ3) is 12.2. The van der Waals surface area contributed by atoms with Gasteiger partial charge in [0.05, 0.1) is 6.54 Å². The largest absolute Gasteiger partial charge is 0.448 e. The molecule has 0 aliphatic rings. The topological polar surface area (TPSA) is 141 Å². The van der Waals surface area contributed by atoms with E-state index in [1.165, 1.54) is 6.92 Å². The van der Waals surface area contributed by atoms with Gasteiger partial charge in [0.25, 0.3) is 5.91 Å². The molecule has 3 amide bonds. The van der Waals surface area contributed by atoms with E-state index in [1.54, 1.807) is 20.8 Å². The van der Waals surface area contributed by atoms with Crippen LogP contribution in [0.15, 0.2) is 0 Å². The average molecular weight is 334 g/mol. The molecule has 0 aromatic heterocycles. The number of hydrogen-bond acceptors (Lipinski definition) is 7. The molecule has 1 atom stereocenters. The maximum Gasteiger partial charge on any atom is 0.407 e. The molecule has 0 fully saturated rings. The van der Waals surface area contributed by atoms with Crippen LogP contribution in [0.3, 0.4) is 0 Å². The summed E-state index contributed by atoms with van der Waals surface area (Å²) in [4.78, 5) is 38.2. The van der Waals surface area contributed by atoms with Gasteiger partial charge in [0, 0.05) is 13.1 Å². The Hall–Kier alpha value is -2.07. The van der Waals surface area contributed by atoms with Crippen molar-refractivity contribution in [2.45, 2.75) is 39.4 Å². The average Bonchev–Trinajstić information content (AvgIpc) is 2.45. The zero-order valence-electron chi connectivity index (χ0n) is 13.9. The van der Waals surface area contributed by atoms with Crippen LogP contribution in [0.2, 0.25) is 0 Å². The van der Waals surface area contributed by atoms with E-state index in [-0.39, 0.29) is 26.2 Å². The first-order valence-electron chi connectivity index (χ1n) is 7.16. The van der Waals surface area contributed by atoms with Crippen LogP contribution < -0.4 is 21.8 Å². The quantitative estimate of drug-likeness (QED) is 0.350. The normalized spacial score (nSPS) is 12.0. The molecule has 10 nitrogen and oxygen atoms in total. The van der Waals surface area contributed by atoms with Crippen molar-refractivity contribution in [2.75, 3.05) is 26.2 Å². The zero-order valence-corrected chi connectivity index (χ0v) is 13.9. The highest BCUT2D eigenvalue weighted by atomic mass is 16.6. The third-order valence-corrected chi connectivity index (χ3v) is 2.27. The van der Waals surface area contributed by atoms with Gasteiger partial charge >= 0.3 is 12.2 Å². The van der Waals surface area contributed by atoms with Crippen LogP contribution in [-0.2, 0) is 19.1 Å². The van der Waals surface area contributed by atoms with E-state index in [0.717, 1.165) is 0 Å². The second-order valence-electron chi connectivity index (χ2n) is 5.56. The summed E-state index contributed by atoms with van der Waals surface area (Å²) >= 11 is 0. The predicted molar refractivity (Wildman–Crippen MR) is 81.3 cm³/mol. The van der Waals surface area contributed by atoms with E-state index < -0.39 is 29.8 Å². The van der Waals surface area contributed by atoms with Gasteiger partial charge in [-0.2, -0.15) is 0 Å². The molecule has 0 aliphatic heterocycles. The number of carbonyl (C=O) groups excluding carboxylic acids is 3. The Bertz CT molecular complexity index is 396. The molecule has 0 heterocycles. The van der Waals surface area contributed by atoms with Crippen molar-refractivity contribution in [3.05, 3.63) is 0 Å². The van der Waals surface area contributed by atoms with Crippen molar-refractivity contribution in [1.29, 1.82) is 0 Å². The highest BCUT2D eigenvalue weighted by molar-refractivity contribution is 5.80. The summed E-state index contributed by atoms with van der Waals surface area (Å²) < 4.78 is 9.83. The fraction of sp³-hybridized carbons (Fsp3) is 0.769. The van der Waals surface area contributed by atoms with E-state index in [9.17, 15) is 14.4 Å². The number of hydrogen-bond donors (Lipinski definition) is 4. The summed E-state index contributed by atoms with van der Waals surface area (Å²) in [7, 11) is 0. The Morgan fingerprint density at radius 1 is 1.00 bits per heavy atom. The molecular weight excluding hydrogens is 308 g/mol. The predicted octanol–water partition coefficient (Wildman–Crippen LogP) is -0.368. The number of amides is 3. The molecule has 0 bridgehead atoms. The van der Waals surface area contributed by atoms with Crippen LogP contribution in [0, 0.1) is 0 Å². The van der Waals surface area contributed by atoms with Crippen molar-refractivity contribution in [3.63, 3.8) is 0 Å². The molecule has 0 aliphatic carbocycles. The van der Waals surface area contributed by atoms with Crippen molar-refractivity contribution in [2.24, 2.45) is 5.90 Å². The number of nitrogens with two attached hydrogens (primary N) is 1. The lowest BCUT2D eigenvalue weighted by Crippen LogP contribution is -2.39. The van der Waals surface area contributed by atoms with Crippen molar-refractivity contribution in [1.82, 2.24) is 16.0 Å². The minimum atomic E-state index is -0.775.